The molecule has 0 radical (unpaired) electrons. The molecule has 7 heteroatoms. The first kappa shape index (κ1) is 24.9. The van der Waals surface area contributed by atoms with Crippen LogP contribution < -0.4 is 16.1 Å². The smallest absolute Gasteiger partial charge is 0.272 e. The summed E-state index contributed by atoms with van der Waals surface area (Å²) in [5.74, 6) is 0.254. The molecule has 5 aromatic rings. The number of aromatic nitrogens is 2. The minimum absolute atomic E-state index is 0.0564. The predicted octanol–water partition coefficient (Wildman–Crippen LogP) is 5.97. The van der Waals surface area contributed by atoms with E-state index in [1.54, 1.807) is 31.6 Å². The monoisotopic (exact) mass is 504 g/mol. The Hall–Kier alpha value is -4.78. The number of hydrogen-bond donors (Lipinski definition) is 2. The van der Waals surface area contributed by atoms with Crippen molar-refractivity contribution in [1.82, 2.24) is 15.3 Å². The van der Waals surface area contributed by atoms with Crippen molar-refractivity contribution in [2.75, 3.05) is 5.32 Å². The molecule has 2 N–H and O–H groups in total. The molecule has 38 heavy (non-hydrogen) atoms. The average Bonchev–Trinajstić information content (AvgIpc) is 2.95. The Bertz CT molecular complexity index is 1660. The minimum atomic E-state index is -0.299. The Morgan fingerprint density at radius 3 is 2.55 bits per heavy atom. The fraction of sp³-hybridized carbons (Fsp3) is 0.161. The summed E-state index contributed by atoms with van der Waals surface area (Å²) in [6.07, 6.45) is 4.99. The van der Waals surface area contributed by atoms with Crippen LogP contribution in [0.3, 0.4) is 0 Å². The third-order valence-corrected chi connectivity index (χ3v) is 6.47. The van der Waals surface area contributed by atoms with Gasteiger partial charge in [0.2, 0.25) is 0 Å². The number of carbonyl (C=O) groups excluding carboxylic acids is 1. The number of hydrogen-bond acceptors (Lipinski definition) is 6. The van der Waals surface area contributed by atoms with Gasteiger partial charge >= 0.3 is 0 Å². The molecule has 1 unspecified atom stereocenters. The highest BCUT2D eigenvalue weighted by Crippen LogP contribution is 2.32. The van der Waals surface area contributed by atoms with Crippen LogP contribution in [0, 0.1) is 13.8 Å². The van der Waals surface area contributed by atoms with Gasteiger partial charge in [0.15, 0.2) is 11.1 Å². The van der Waals surface area contributed by atoms with E-state index >= 15 is 0 Å². The molecule has 7 nitrogen and oxygen atoms in total. The molecule has 2 aromatic carbocycles. The van der Waals surface area contributed by atoms with E-state index in [4.69, 9.17) is 4.42 Å². The second-order valence-corrected chi connectivity index (χ2v) is 9.29. The molecule has 0 aliphatic heterocycles. The van der Waals surface area contributed by atoms with Crippen molar-refractivity contribution < 1.29 is 9.21 Å². The molecule has 0 bridgehead atoms. The summed E-state index contributed by atoms with van der Waals surface area (Å²) in [7, 11) is 0. The van der Waals surface area contributed by atoms with Gasteiger partial charge in [0, 0.05) is 41.8 Å². The molecule has 5 rings (SSSR count). The van der Waals surface area contributed by atoms with Crippen molar-refractivity contribution in [2.24, 2.45) is 0 Å². The van der Waals surface area contributed by atoms with Crippen LogP contribution in [0.5, 0.6) is 0 Å². The van der Waals surface area contributed by atoms with Gasteiger partial charge in [-0.2, -0.15) is 0 Å². The number of rotatable bonds is 7. The van der Waals surface area contributed by atoms with Crippen LogP contribution in [-0.4, -0.2) is 15.9 Å². The number of pyridine rings is 2. The average molecular weight is 505 g/mol. The van der Waals surface area contributed by atoms with Crippen molar-refractivity contribution in [1.29, 1.82) is 0 Å². The summed E-state index contributed by atoms with van der Waals surface area (Å²) >= 11 is 0. The molecule has 0 fully saturated rings. The summed E-state index contributed by atoms with van der Waals surface area (Å²) in [5, 5.41) is 6.86. The molecule has 190 valence electrons. The molecule has 0 aliphatic rings. The maximum absolute atomic E-state index is 13.4. The van der Waals surface area contributed by atoms with Crippen LogP contribution in [0.15, 0.2) is 94.5 Å². The first-order valence-corrected chi connectivity index (χ1v) is 12.4. The Morgan fingerprint density at radius 1 is 1.00 bits per heavy atom. The van der Waals surface area contributed by atoms with Crippen molar-refractivity contribution in [3.05, 3.63) is 123 Å². The molecule has 0 saturated heterocycles. The van der Waals surface area contributed by atoms with E-state index in [0.29, 0.717) is 34.5 Å². The van der Waals surface area contributed by atoms with Crippen molar-refractivity contribution >= 4 is 22.6 Å². The molecular weight excluding hydrogens is 476 g/mol. The fourth-order valence-electron chi connectivity index (χ4n) is 4.54. The van der Waals surface area contributed by atoms with Gasteiger partial charge in [-0.05, 0) is 56.2 Å². The zero-order chi connectivity index (χ0) is 26.6. The minimum Gasteiger partial charge on any atom is -0.455 e. The lowest BCUT2D eigenvalue weighted by atomic mass is 9.98. The third-order valence-electron chi connectivity index (χ3n) is 6.47. The number of aryl methyl sites for hydroxylation is 1. The first-order valence-electron chi connectivity index (χ1n) is 12.4. The number of nitrogens with zero attached hydrogens (tertiary/aromatic N) is 2. The molecule has 1 atom stereocenters. The van der Waals surface area contributed by atoms with E-state index in [2.05, 4.69) is 20.6 Å². The highest BCUT2D eigenvalue weighted by Gasteiger charge is 2.21. The standard InChI is InChI=1S/C31H28N4O3/c1-19-15-24(30-25(16-19)28(36)20(2)29(38-30)23-10-5-4-6-11-23)21(3)35-26-12-8-14-33-27(26)31(37)34-18-22-9-7-13-32-17-22/h4-17,21,35H,18H2,1-3H3,(H,34,37). The molecule has 1 amide bonds. The maximum atomic E-state index is 13.4. The Kier molecular flexibility index (Phi) is 7.00. The molecule has 3 heterocycles. The van der Waals surface area contributed by atoms with Gasteiger partial charge < -0.3 is 15.1 Å². The molecule has 0 aliphatic carbocycles. The second-order valence-electron chi connectivity index (χ2n) is 9.29. The van der Waals surface area contributed by atoms with Gasteiger partial charge in [0.25, 0.3) is 5.91 Å². The van der Waals surface area contributed by atoms with Gasteiger partial charge in [0.05, 0.1) is 17.1 Å². The SMILES string of the molecule is Cc1cc(C(C)Nc2cccnc2C(=O)NCc2cccnc2)c2oc(-c3ccccc3)c(C)c(=O)c2c1. The summed E-state index contributed by atoms with van der Waals surface area (Å²) in [5.41, 5.74) is 5.40. The largest absolute Gasteiger partial charge is 0.455 e. The summed E-state index contributed by atoms with van der Waals surface area (Å²) in [6.45, 7) is 6.06. The number of nitrogens with one attached hydrogen (secondary N) is 2. The van der Waals surface area contributed by atoms with Crippen molar-refractivity contribution in [3.63, 3.8) is 0 Å². The fourth-order valence-corrected chi connectivity index (χ4v) is 4.54. The van der Waals surface area contributed by atoms with E-state index in [1.807, 2.05) is 74.5 Å². The molecular formula is C31H28N4O3. The van der Waals surface area contributed by atoms with Crippen molar-refractivity contribution in [2.45, 2.75) is 33.4 Å². The number of carbonyl (C=O) groups is 1. The van der Waals surface area contributed by atoms with E-state index in [-0.39, 0.29) is 23.1 Å². The molecule has 3 aromatic heterocycles. The van der Waals surface area contributed by atoms with Gasteiger partial charge in [-0.1, -0.05) is 42.5 Å². The first-order chi connectivity index (χ1) is 18.4. The van der Waals surface area contributed by atoms with E-state index in [1.165, 1.54) is 0 Å². The van der Waals surface area contributed by atoms with Crippen molar-refractivity contribution in [3.8, 4) is 11.3 Å². The van der Waals surface area contributed by atoms with Crippen LogP contribution in [0.25, 0.3) is 22.3 Å². The third kappa shape index (κ3) is 5.04. The van der Waals surface area contributed by atoms with Gasteiger partial charge in [-0.3, -0.25) is 14.6 Å². The van der Waals surface area contributed by atoms with Crippen LogP contribution in [0.2, 0.25) is 0 Å². The highest BCUT2D eigenvalue weighted by molar-refractivity contribution is 5.97. The van der Waals surface area contributed by atoms with Crippen LogP contribution in [0.1, 0.15) is 45.7 Å². The van der Waals surface area contributed by atoms with Gasteiger partial charge in [-0.25, -0.2) is 4.98 Å². The topological polar surface area (TPSA) is 97.1 Å². The summed E-state index contributed by atoms with van der Waals surface area (Å²) < 4.78 is 6.43. The van der Waals surface area contributed by atoms with Crippen LogP contribution >= 0.6 is 0 Å². The zero-order valence-electron chi connectivity index (χ0n) is 21.5. The normalized spacial score (nSPS) is 11.8. The Morgan fingerprint density at radius 2 is 1.79 bits per heavy atom. The number of amides is 1. The summed E-state index contributed by atoms with van der Waals surface area (Å²) in [6, 6.07) is 20.5. The van der Waals surface area contributed by atoms with E-state index in [9.17, 15) is 9.59 Å². The second kappa shape index (κ2) is 10.7. The lowest BCUT2D eigenvalue weighted by Crippen LogP contribution is -2.25. The Balaban J connectivity index is 1.50. The van der Waals surface area contributed by atoms with Gasteiger partial charge in [-0.15, -0.1) is 0 Å². The predicted molar refractivity (Wildman–Crippen MR) is 149 cm³/mol. The maximum Gasteiger partial charge on any atom is 0.272 e. The van der Waals surface area contributed by atoms with Crippen LogP contribution in [0.4, 0.5) is 5.69 Å². The van der Waals surface area contributed by atoms with Crippen LogP contribution in [-0.2, 0) is 6.54 Å². The number of benzene rings is 2. The number of fused-ring (bicyclic) bond motifs is 1. The lowest BCUT2D eigenvalue weighted by Gasteiger charge is -2.20. The molecule has 0 saturated carbocycles. The Labute approximate surface area is 220 Å². The molecule has 0 spiro atoms. The number of anilines is 1. The van der Waals surface area contributed by atoms with E-state index < -0.39 is 0 Å². The quantitative estimate of drug-likeness (QED) is 0.283. The highest BCUT2D eigenvalue weighted by atomic mass is 16.3. The summed E-state index contributed by atoms with van der Waals surface area (Å²) in [4.78, 5) is 34.8. The zero-order valence-corrected chi connectivity index (χ0v) is 21.5. The lowest BCUT2D eigenvalue weighted by molar-refractivity contribution is 0.0946. The van der Waals surface area contributed by atoms with E-state index in [0.717, 1.165) is 22.3 Å². The van der Waals surface area contributed by atoms with Gasteiger partial charge in [0.1, 0.15) is 11.3 Å².